The van der Waals surface area contributed by atoms with Gasteiger partial charge in [-0.1, -0.05) is 41.4 Å². The Labute approximate surface area is 234 Å². The predicted molar refractivity (Wildman–Crippen MR) is 148 cm³/mol. The van der Waals surface area contributed by atoms with Gasteiger partial charge in [0, 0.05) is 24.8 Å². The number of nitrogens with one attached hydrogen (secondary N) is 4. The molecule has 1 atom stereocenters. The van der Waals surface area contributed by atoms with Crippen molar-refractivity contribution in [2.45, 2.75) is 24.3 Å². The number of sulfonamides is 1. The molecule has 0 bridgehead atoms. The highest BCUT2D eigenvalue weighted by molar-refractivity contribution is 7.89. The van der Waals surface area contributed by atoms with Crippen LogP contribution < -0.4 is 16.0 Å². The Bertz CT molecular complexity index is 1540. The standard InChI is InChI=1S/C25H24Cl2N6O5S/c1-2-5-21(34)29-15-6-3-7-17(12-15)39(37,38)33-11-10-16(14-33)30-25(36)23-20(13-28-32-23)31-24(35)22-18(26)8-4-9-19(22)27/h2-9,12-13,16H,10-11,14H2,1H3,(H,28,32)(H,29,34)(H,30,36)(H,31,35)/t16-/m1/s1. The van der Waals surface area contributed by atoms with Crippen molar-refractivity contribution >= 4 is 62.3 Å². The van der Waals surface area contributed by atoms with E-state index in [4.69, 9.17) is 23.2 Å². The third-order valence-electron chi connectivity index (χ3n) is 5.85. The predicted octanol–water partition coefficient (Wildman–Crippen LogP) is 3.68. The van der Waals surface area contributed by atoms with Crippen molar-refractivity contribution < 1.29 is 22.8 Å². The topological polar surface area (TPSA) is 153 Å². The van der Waals surface area contributed by atoms with Crippen LogP contribution in [0.2, 0.25) is 10.0 Å². The number of halogens is 2. The van der Waals surface area contributed by atoms with Crippen LogP contribution in [0.1, 0.15) is 34.2 Å². The summed E-state index contributed by atoms with van der Waals surface area (Å²) in [5.74, 6) is -1.57. The van der Waals surface area contributed by atoms with E-state index in [2.05, 4.69) is 26.1 Å². The van der Waals surface area contributed by atoms with Gasteiger partial charge in [0.25, 0.3) is 11.8 Å². The highest BCUT2D eigenvalue weighted by Gasteiger charge is 2.34. The summed E-state index contributed by atoms with van der Waals surface area (Å²) in [6, 6.07) is 10.1. The minimum atomic E-state index is -3.88. The third-order valence-corrected chi connectivity index (χ3v) is 8.34. The van der Waals surface area contributed by atoms with E-state index in [0.29, 0.717) is 12.1 Å². The van der Waals surface area contributed by atoms with Crippen LogP contribution in [0.15, 0.2) is 65.7 Å². The zero-order chi connectivity index (χ0) is 28.2. The maximum atomic E-state index is 13.2. The molecule has 2 aromatic carbocycles. The van der Waals surface area contributed by atoms with Gasteiger partial charge in [-0.25, -0.2) is 8.42 Å². The lowest BCUT2D eigenvalue weighted by molar-refractivity contribution is -0.111. The number of hydrogen-bond donors (Lipinski definition) is 4. The number of allylic oxidation sites excluding steroid dienone is 1. The van der Waals surface area contributed by atoms with E-state index in [-0.39, 0.29) is 50.9 Å². The molecular formula is C25H24Cl2N6O5S. The average Bonchev–Trinajstić information content (AvgIpc) is 3.54. The highest BCUT2D eigenvalue weighted by atomic mass is 35.5. The number of hydrogen-bond acceptors (Lipinski definition) is 6. The molecule has 1 aliphatic heterocycles. The first kappa shape index (κ1) is 28.3. The lowest BCUT2D eigenvalue weighted by atomic mass is 10.2. The van der Waals surface area contributed by atoms with Gasteiger partial charge in [-0.15, -0.1) is 0 Å². The first-order valence-corrected chi connectivity index (χ1v) is 13.9. The molecule has 1 fully saturated rings. The monoisotopic (exact) mass is 590 g/mol. The summed E-state index contributed by atoms with van der Waals surface area (Å²) in [7, 11) is -3.88. The van der Waals surface area contributed by atoms with Crippen LogP contribution in [0.25, 0.3) is 0 Å². The molecule has 0 radical (unpaired) electrons. The lowest BCUT2D eigenvalue weighted by Crippen LogP contribution is -2.39. The normalized spacial score (nSPS) is 15.8. The van der Waals surface area contributed by atoms with E-state index in [9.17, 15) is 22.8 Å². The number of anilines is 2. The number of H-pyrrole nitrogens is 1. The first-order chi connectivity index (χ1) is 18.6. The van der Waals surface area contributed by atoms with Gasteiger partial charge in [0.15, 0.2) is 0 Å². The second-order valence-corrected chi connectivity index (χ2v) is 11.3. The van der Waals surface area contributed by atoms with Gasteiger partial charge in [-0.05, 0) is 49.8 Å². The van der Waals surface area contributed by atoms with E-state index < -0.39 is 27.9 Å². The summed E-state index contributed by atoms with van der Waals surface area (Å²) < 4.78 is 27.7. The minimum absolute atomic E-state index is 0.0163. The van der Waals surface area contributed by atoms with Gasteiger partial charge in [0.1, 0.15) is 5.69 Å². The quantitative estimate of drug-likeness (QED) is 0.293. The number of aromatic nitrogens is 2. The van der Waals surface area contributed by atoms with Gasteiger partial charge < -0.3 is 16.0 Å². The van der Waals surface area contributed by atoms with E-state index in [1.165, 1.54) is 46.9 Å². The Morgan fingerprint density at radius 3 is 2.51 bits per heavy atom. The SMILES string of the molecule is CC=CC(=O)Nc1cccc(S(=O)(=O)N2CC[C@@H](NC(=O)c3[nH]ncc3NC(=O)c3c(Cl)cccc3Cl)C2)c1. The number of aromatic amines is 1. The molecule has 11 nitrogen and oxygen atoms in total. The molecule has 4 N–H and O–H groups in total. The zero-order valence-electron chi connectivity index (χ0n) is 20.6. The van der Waals surface area contributed by atoms with Gasteiger partial charge in [0.2, 0.25) is 15.9 Å². The molecule has 4 rings (SSSR count). The molecule has 1 aliphatic rings. The molecule has 3 aromatic rings. The fraction of sp³-hybridized carbons (Fsp3) is 0.200. The summed E-state index contributed by atoms with van der Waals surface area (Å²) in [4.78, 5) is 37.5. The van der Waals surface area contributed by atoms with Crippen molar-refractivity contribution in [1.82, 2.24) is 19.8 Å². The van der Waals surface area contributed by atoms with Crippen LogP contribution in [0.3, 0.4) is 0 Å². The fourth-order valence-electron chi connectivity index (χ4n) is 3.99. The molecule has 14 heteroatoms. The van der Waals surface area contributed by atoms with Crippen molar-refractivity contribution in [3.8, 4) is 0 Å². The second-order valence-electron chi connectivity index (χ2n) is 8.55. The lowest BCUT2D eigenvalue weighted by Gasteiger charge is -2.18. The molecule has 1 aromatic heterocycles. The number of rotatable bonds is 8. The number of benzene rings is 2. The summed E-state index contributed by atoms with van der Waals surface area (Å²) in [6.45, 7) is 1.91. The van der Waals surface area contributed by atoms with Crippen molar-refractivity contribution in [2.24, 2.45) is 0 Å². The van der Waals surface area contributed by atoms with Crippen molar-refractivity contribution in [1.29, 1.82) is 0 Å². The smallest absolute Gasteiger partial charge is 0.271 e. The summed E-state index contributed by atoms with van der Waals surface area (Å²) in [5.41, 5.74) is 0.482. The van der Waals surface area contributed by atoms with Gasteiger partial charge >= 0.3 is 0 Å². The number of carbonyl (C=O) groups excluding carboxylic acids is 3. The van der Waals surface area contributed by atoms with Crippen LogP contribution in [0.4, 0.5) is 11.4 Å². The molecule has 0 aliphatic carbocycles. The Hall–Kier alpha value is -3.71. The molecule has 0 saturated carbocycles. The van der Waals surface area contributed by atoms with E-state index in [0.717, 1.165) is 0 Å². The number of amides is 3. The summed E-state index contributed by atoms with van der Waals surface area (Å²) >= 11 is 12.2. The van der Waals surface area contributed by atoms with E-state index in [1.54, 1.807) is 25.1 Å². The molecule has 0 unspecified atom stereocenters. The molecule has 1 saturated heterocycles. The molecule has 2 heterocycles. The van der Waals surface area contributed by atoms with Crippen LogP contribution in [0.5, 0.6) is 0 Å². The molecular weight excluding hydrogens is 567 g/mol. The Kier molecular flexibility index (Phi) is 8.70. The fourth-order valence-corrected chi connectivity index (χ4v) is 6.11. The molecule has 39 heavy (non-hydrogen) atoms. The number of nitrogens with zero attached hydrogens (tertiary/aromatic N) is 2. The maximum Gasteiger partial charge on any atom is 0.271 e. The Balaban J connectivity index is 1.41. The van der Waals surface area contributed by atoms with Crippen LogP contribution in [-0.2, 0) is 14.8 Å². The van der Waals surface area contributed by atoms with Crippen LogP contribution in [0, 0.1) is 0 Å². The number of carbonyl (C=O) groups is 3. The van der Waals surface area contributed by atoms with Gasteiger partial charge in [-0.2, -0.15) is 9.40 Å². The van der Waals surface area contributed by atoms with Gasteiger partial charge in [0.05, 0.1) is 32.4 Å². The Morgan fingerprint density at radius 1 is 1.08 bits per heavy atom. The largest absolute Gasteiger partial charge is 0.347 e. The van der Waals surface area contributed by atoms with E-state index >= 15 is 0 Å². The molecule has 3 amide bonds. The van der Waals surface area contributed by atoms with Crippen LogP contribution >= 0.6 is 23.2 Å². The second kappa shape index (κ2) is 12.0. The maximum absolute atomic E-state index is 13.2. The summed E-state index contributed by atoms with van der Waals surface area (Å²) in [6.07, 6.45) is 4.54. The zero-order valence-corrected chi connectivity index (χ0v) is 22.9. The molecule has 204 valence electrons. The Morgan fingerprint density at radius 2 is 1.79 bits per heavy atom. The third kappa shape index (κ3) is 6.48. The minimum Gasteiger partial charge on any atom is -0.347 e. The average molecular weight is 591 g/mol. The van der Waals surface area contributed by atoms with Crippen molar-refractivity contribution in [2.75, 3.05) is 23.7 Å². The first-order valence-electron chi connectivity index (χ1n) is 11.7. The van der Waals surface area contributed by atoms with E-state index in [1.807, 2.05) is 0 Å². The van der Waals surface area contributed by atoms with Crippen molar-refractivity contribution in [3.63, 3.8) is 0 Å². The summed E-state index contributed by atoms with van der Waals surface area (Å²) in [5, 5.41) is 14.6. The molecule has 0 spiro atoms. The van der Waals surface area contributed by atoms with Crippen LogP contribution in [-0.4, -0.2) is 59.8 Å². The van der Waals surface area contributed by atoms with Crippen molar-refractivity contribution in [3.05, 3.63) is 82.1 Å². The van der Waals surface area contributed by atoms with Gasteiger partial charge in [-0.3, -0.25) is 19.5 Å². The highest BCUT2D eigenvalue weighted by Crippen LogP contribution is 2.27.